The zero-order valence-corrected chi connectivity index (χ0v) is 24.3. The Labute approximate surface area is 246 Å². The number of nitrogens with one attached hydrogen (secondary N) is 1. The minimum absolute atomic E-state index is 0.0150. The molecule has 1 N–H and O–H groups in total. The molecule has 0 heterocycles. The number of benzene rings is 4. The molecule has 2 amide bonds. The van der Waals surface area contributed by atoms with Crippen LogP contribution in [0.1, 0.15) is 18.1 Å². The number of halogens is 1. The monoisotopic (exact) mass is 589 g/mol. The second kappa shape index (κ2) is 14.0. The first-order valence-electron chi connectivity index (χ1n) is 13.3. The van der Waals surface area contributed by atoms with Crippen molar-refractivity contribution in [3.05, 3.63) is 131 Å². The van der Waals surface area contributed by atoms with Crippen LogP contribution in [0.4, 0.5) is 5.69 Å². The van der Waals surface area contributed by atoms with Gasteiger partial charge in [-0.2, -0.15) is 0 Å². The zero-order valence-electron chi connectivity index (χ0n) is 22.7. The molecule has 0 aliphatic carbocycles. The van der Waals surface area contributed by atoms with E-state index in [2.05, 4.69) is 5.32 Å². The number of amides is 2. The molecule has 0 aliphatic rings. The molecule has 9 heteroatoms. The SMILES string of the molecule is CCNC(=O)[C@H](Cc1ccccc1)N(Cc1ccccc1Cl)C(=O)CN(c1ccccc1)S(=O)(=O)c1ccccc1. The number of sulfonamides is 1. The van der Waals surface area contributed by atoms with Gasteiger partial charge in [-0.1, -0.05) is 96.5 Å². The van der Waals surface area contributed by atoms with E-state index in [1.807, 2.05) is 30.3 Å². The number of anilines is 1. The molecule has 4 aromatic carbocycles. The second-order valence-corrected chi connectivity index (χ2v) is 11.6. The van der Waals surface area contributed by atoms with Crippen LogP contribution in [-0.4, -0.2) is 44.3 Å². The fourth-order valence-corrected chi connectivity index (χ4v) is 6.13. The van der Waals surface area contributed by atoms with Gasteiger partial charge in [-0.15, -0.1) is 0 Å². The van der Waals surface area contributed by atoms with E-state index in [1.54, 1.807) is 79.7 Å². The van der Waals surface area contributed by atoms with Crippen LogP contribution >= 0.6 is 11.6 Å². The topological polar surface area (TPSA) is 86.8 Å². The fourth-order valence-electron chi connectivity index (χ4n) is 4.50. The summed E-state index contributed by atoms with van der Waals surface area (Å²) in [6.07, 6.45) is 0.236. The van der Waals surface area contributed by atoms with E-state index in [9.17, 15) is 18.0 Å². The number of hydrogen-bond donors (Lipinski definition) is 1. The first kappa shape index (κ1) is 29.8. The van der Waals surface area contributed by atoms with Crippen LogP contribution in [0, 0.1) is 0 Å². The van der Waals surface area contributed by atoms with Crippen molar-refractivity contribution in [1.82, 2.24) is 10.2 Å². The molecule has 0 unspecified atom stereocenters. The molecule has 1 atom stereocenters. The first-order valence-corrected chi connectivity index (χ1v) is 15.1. The number of likely N-dealkylation sites (N-methyl/N-ethyl adjacent to an activating group) is 1. The van der Waals surface area contributed by atoms with Gasteiger partial charge in [0.2, 0.25) is 11.8 Å². The van der Waals surface area contributed by atoms with Gasteiger partial charge in [-0.3, -0.25) is 13.9 Å². The normalized spacial score (nSPS) is 11.9. The summed E-state index contributed by atoms with van der Waals surface area (Å²) < 4.78 is 28.8. The summed E-state index contributed by atoms with van der Waals surface area (Å²) in [6.45, 7) is 1.68. The maximum atomic E-state index is 14.3. The van der Waals surface area contributed by atoms with Crippen LogP contribution in [0.15, 0.2) is 120 Å². The van der Waals surface area contributed by atoms with Crippen molar-refractivity contribution in [2.75, 3.05) is 17.4 Å². The Morgan fingerprint density at radius 3 is 1.98 bits per heavy atom. The molecule has 4 aromatic rings. The molecular formula is C32H32ClN3O4S. The van der Waals surface area contributed by atoms with Crippen molar-refractivity contribution in [2.45, 2.75) is 30.8 Å². The molecule has 212 valence electrons. The highest BCUT2D eigenvalue weighted by molar-refractivity contribution is 7.92. The molecule has 0 bridgehead atoms. The summed E-state index contributed by atoms with van der Waals surface area (Å²) in [7, 11) is -4.12. The molecule has 0 spiro atoms. The predicted molar refractivity (Wildman–Crippen MR) is 162 cm³/mol. The van der Waals surface area contributed by atoms with Gasteiger partial charge in [0.15, 0.2) is 0 Å². The highest BCUT2D eigenvalue weighted by Gasteiger charge is 2.34. The molecule has 0 fully saturated rings. The Morgan fingerprint density at radius 1 is 0.805 bits per heavy atom. The predicted octanol–water partition coefficient (Wildman–Crippen LogP) is 5.31. The van der Waals surface area contributed by atoms with E-state index in [0.29, 0.717) is 22.8 Å². The number of para-hydroxylation sites is 1. The summed E-state index contributed by atoms with van der Waals surface area (Å²) in [5, 5.41) is 3.29. The Morgan fingerprint density at radius 2 is 1.37 bits per heavy atom. The van der Waals surface area contributed by atoms with Crippen molar-refractivity contribution in [3.63, 3.8) is 0 Å². The molecule has 7 nitrogen and oxygen atoms in total. The highest BCUT2D eigenvalue weighted by atomic mass is 35.5. The Kier molecular flexibility index (Phi) is 10.2. The van der Waals surface area contributed by atoms with E-state index >= 15 is 0 Å². The van der Waals surface area contributed by atoms with Crippen LogP contribution in [0.25, 0.3) is 0 Å². The molecule has 0 saturated carbocycles. The summed E-state index contributed by atoms with van der Waals surface area (Å²) in [5.74, 6) is -0.880. The van der Waals surface area contributed by atoms with Crippen LogP contribution in [0.3, 0.4) is 0 Å². The quantitative estimate of drug-likeness (QED) is 0.243. The molecule has 0 aromatic heterocycles. The van der Waals surface area contributed by atoms with Gasteiger partial charge in [-0.05, 0) is 48.4 Å². The van der Waals surface area contributed by atoms with Crippen molar-refractivity contribution >= 4 is 39.1 Å². The minimum Gasteiger partial charge on any atom is -0.355 e. The molecular weight excluding hydrogens is 558 g/mol. The van der Waals surface area contributed by atoms with E-state index in [1.165, 1.54) is 17.0 Å². The molecule has 0 saturated heterocycles. The number of carbonyl (C=O) groups excluding carboxylic acids is 2. The summed E-state index contributed by atoms with van der Waals surface area (Å²) in [6, 6.07) is 32.0. The maximum absolute atomic E-state index is 14.3. The van der Waals surface area contributed by atoms with Gasteiger partial charge in [0.05, 0.1) is 10.6 Å². The van der Waals surface area contributed by atoms with Gasteiger partial charge in [-0.25, -0.2) is 8.42 Å². The Balaban J connectivity index is 1.78. The van der Waals surface area contributed by atoms with Crippen molar-refractivity contribution in [1.29, 1.82) is 0 Å². The largest absolute Gasteiger partial charge is 0.355 e. The van der Waals surface area contributed by atoms with Crippen LogP contribution in [0.2, 0.25) is 5.02 Å². The number of hydrogen-bond acceptors (Lipinski definition) is 4. The third-order valence-corrected chi connectivity index (χ3v) is 8.73. The van der Waals surface area contributed by atoms with E-state index in [-0.39, 0.29) is 23.8 Å². The van der Waals surface area contributed by atoms with E-state index in [4.69, 9.17) is 11.6 Å². The minimum atomic E-state index is -4.12. The number of rotatable bonds is 12. The average Bonchev–Trinajstić information content (AvgIpc) is 3.00. The van der Waals surface area contributed by atoms with Gasteiger partial charge in [0.1, 0.15) is 12.6 Å². The lowest BCUT2D eigenvalue weighted by Crippen LogP contribution is -2.53. The lowest BCUT2D eigenvalue weighted by atomic mass is 10.0. The lowest BCUT2D eigenvalue weighted by molar-refractivity contribution is -0.140. The van der Waals surface area contributed by atoms with Gasteiger partial charge in [0.25, 0.3) is 10.0 Å². The van der Waals surface area contributed by atoms with Crippen molar-refractivity contribution in [2.24, 2.45) is 0 Å². The van der Waals surface area contributed by atoms with Crippen molar-refractivity contribution < 1.29 is 18.0 Å². The summed E-state index contributed by atoms with van der Waals surface area (Å²) in [4.78, 5) is 29.2. The molecule has 0 aliphatic heterocycles. The maximum Gasteiger partial charge on any atom is 0.264 e. The van der Waals surface area contributed by atoms with Crippen LogP contribution in [0.5, 0.6) is 0 Å². The third kappa shape index (κ3) is 7.54. The fraction of sp³-hybridized carbons (Fsp3) is 0.188. The Bertz CT molecular complexity index is 1550. The van der Waals surface area contributed by atoms with Crippen LogP contribution in [-0.2, 0) is 32.6 Å². The Hall–Kier alpha value is -4.14. The first-order chi connectivity index (χ1) is 19.8. The van der Waals surface area contributed by atoms with Gasteiger partial charge >= 0.3 is 0 Å². The second-order valence-electron chi connectivity index (χ2n) is 9.37. The standard InChI is InChI=1S/C32H32ClN3O4S/c1-2-34-32(38)30(22-25-14-6-3-7-15-25)35(23-26-16-12-13-21-29(26)33)31(37)24-36(27-17-8-4-9-18-27)41(39,40)28-19-10-5-11-20-28/h3-21,30H,2,22-24H2,1H3,(H,34,38)/t30-/m0/s1. The molecule has 0 radical (unpaired) electrons. The molecule has 4 rings (SSSR count). The van der Waals surface area contributed by atoms with Gasteiger partial charge in [0, 0.05) is 24.5 Å². The number of carbonyl (C=O) groups is 2. The third-order valence-electron chi connectivity index (χ3n) is 6.57. The molecule has 41 heavy (non-hydrogen) atoms. The smallest absolute Gasteiger partial charge is 0.264 e. The highest BCUT2D eigenvalue weighted by Crippen LogP contribution is 2.25. The number of nitrogens with zero attached hydrogens (tertiary/aromatic N) is 2. The van der Waals surface area contributed by atoms with Crippen LogP contribution < -0.4 is 9.62 Å². The van der Waals surface area contributed by atoms with E-state index in [0.717, 1.165) is 9.87 Å². The van der Waals surface area contributed by atoms with Gasteiger partial charge < -0.3 is 10.2 Å². The zero-order chi connectivity index (χ0) is 29.2. The summed E-state index contributed by atoms with van der Waals surface area (Å²) in [5.41, 5.74) is 1.83. The lowest BCUT2D eigenvalue weighted by Gasteiger charge is -2.34. The van der Waals surface area contributed by atoms with E-state index < -0.39 is 28.5 Å². The average molecular weight is 590 g/mol. The summed E-state index contributed by atoms with van der Waals surface area (Å²) >= 11 is 6.49. The van der Waals surface area contributed by atoms with Crippen molar-refractivity contribution in [3.8, 4) is 0 Å².